The lowest BCUT2D eigenvalue weighted by Crippen LogP contribution is -2.25. The second kappa shape index (κ2) is 6.26. The number of aromatic nitrogens is 2. The number of halogens is 1. The molecule has 0 atom stereocenters. The molecule has 2 aromatic heterocycles. The molecule has 0 aliphatic carbocycles. The van der Waals surface area contributed by atoms with E-state index in [0.717, 1.165) is 11.4 Å². The van der Waals surface area contributed by atoms with Crippen LogP contribution in [0.3, 0.4) is 0 Å². The molecule has 0 aliphatic heterocycles. The van der Waals surface area contributed by atoms with Crippen LogP contribution >= 0.6 is 22.9 Å². The van der Waals surface area contributed by atoms with Crippen molar-refractivity contribution >= 4 is 33.0 Å². The molecule has 2 aromatic rings. The predicted octanol–water partition coefficient (Wildman–Crippen LogP) is 2.58. The molecule has 20 heavy (non-hydrogen) atoms. The summed E-state index contributed by atoms with van der Waals surface area (Å²) in [5.41, 5.74) is 1.70. The lowest BCUT2D eigenvalue weighted by molar-refractivity contribution is 0.545. The quantitative estimate of drug-likeness (QED) is 0.826. The normalized spacial score (nSPS) is 11.9. The van der Waals surface area contributed by atoms with E-state index in [1.807, 2.05) is 13.8 Å². The van der Waals surface area contributed by atoms with Gasteiger partial charge in [-0.25, -0.2) is 13.1 Å². The number of aryl methyl sites for hydroxylation is 2. The van der Waals surface area contributed by atoms with Gasteiger partial charge in [0.05, 0.1) is 16.4 Å². The SMILES string of the molecule is Cc1nn(CCCNS(=O)(=O)c2cccs2)c(C)c1Cl. The second-order valence-corrected chi connectivity index (χ2v) is 7.71. The van der Waals surface area contributed by atoms with Crippen molar-refractivity contribution in [1.29, 1.82) is 0 Å². The third-order valence-corrected chi connectivity index (χ3v) is 6.30. The van der Waals surface area contributed by atoms with Crippen molar-refractivity contribution in [2.24, 2.45) is 0 Å². The maximum absolute atomic E-state index is 11.9. The van der Waals surface area contributed by atoms with E-state index in [1.54, 1.807) is 22.2 Å². The van der Waals surface area contributed by atoms with E-state index >= 15 is 0 Å². The molecule has 0 spiro atoms. The number of nitrogens with one attached hydrogen (secondary N) is 1. The molecule has 1 N–H and O–H groups in total. The molecule has 2 rings (SSSR count). The van der Waals surface area contributed by atoms with Crippen LogP contribution in [-0.4, -0.2) is 24.7 Å². The third kappa shape index (κ3) is 3.41. The molecule has 0 radical (unpaired) electrons. The van der Waals surface area contributed by atoms with Gasteiger partial charge < -0.3 is 0 Å². The lowest BCUT2D eigenvalue weighted by atomic mass is 10.4. The molecule has 0 bridgehead atoms. The Labute approximate surface area is 127 Å². The van der Waals surface area contributed by atoms with Crippen LogP contribution in [0.1, 0.15) is 17.8 Å². The molecule has 0 fully saturated rings. The first kappa shape index (κ1) is 15.5. The van der Waals surface area contributed by atoms with Crippen molar-refractivity contribution in [3.05, 3.63) is 33.9 Å². The molecule has 0 saturated carbocycles. The molecule has 0 amide bonds. The minimum absolute atomic E-state index is 0.339. The van der Waals surface area contributed by atoms with E-state index in [9.17, 15) is 8.42 Å². The van der Waals surface area contributed by atoms with Crippen LogP contribution in [0.5, 0.6) is 0 Å². The van der Waals surface area contributed by atoms with Crippen LogP contribution in [0, 0.1) is 13.8 Å². The summed E-state index contributed by atoms with van der Waals surface area (Å²) >= 11 is 7.26. The Morgan fingerprint density at radius 1 is 1.45 bits per heavy atom. The van der Waals surface area contributed by atoms with Gasteiger partial charge in [0.25, 0.3) is 0 Å². The first-order valence-electron chi connectivity index (χ1n) is 6.14. The van der Waals surface area contributed by atoms with Gasteiger partial charge in [0.2, 0.25) is 10.0 Å². The minimum Gasteiger partial charge on any atom is -0.268 e. The van der Waals surface area contributed by atoms with Crippen LogP contribution in [0.25, 0.3) is 0 Å². The Kier molecular flexibility index (Phi) is 4.85. The van der Waals surface area contributed by atoms with Crippen molar-refractivity contribution in [1.82, 2.24) is 14.5 Å². The van der Waals surface area contributed by atoms with E-state index in [2.05, 4.69) is 9.82 Å². The zero-order valence-electron chi connectivity index (χ0n) is 11.3. The number of hydrogen-bond acceptors (Lipinski definition) is 4. The first-order valence-corrected chi connectivity index (χ1v) is 8.88. The molecular weight excluding hydrogens is 318 g/mol. The second-order valence-electron chi connectivity index (χ2n) is 4.39. The van der Waals surface area contributed by atoms with Crippen LogP contribution in [-0.2, 0) is 16.6 Å². The summed E-state index contributed by atoms with van der Waals surface area (Å²) in [7, 11) is -3.37. The number of nitrogens with zero attached hydrogens (tertiary/aromatic N) is 2. The summed E-state index contributed by atoms with van der Waals surface area (Å²) in [5.74, 6) is 0. The number of sulfonamides is 1. The van der Waals surface area contributed by atoms with Crippen molar-refractivity contribution in [2.75, 3.05) is 6.54 Å². The van der Waals surface area contributed by atoms with Gasteiger partial charge in [0.15, 0.2) is 0 Å². The fourth-order valence-electron chi connectivity index (χ4n) is 1.82. The number of thiophene rings is 1. The van der Waals surface area contributed by atoms with Crippen LogP contribution < -0.4 is 4.72 Å². The van der Waals surface area contributed by atoms with E-state index < -0.39 is 10.0 Å². The molecule has 2 heterocycles. The van der Waals surface area contributed by atoms with Gasteiger partial charge in [0.1, 0.15) is 4.21 Å². The van der Waals surface area contributed by atoms with E-state index in [4.69, 9.17) is 11.6 Å². The van der Waals surface area contributed by atoms with Gasteiger partial charge >= 0.3 is 0 Å². The van der Waals surface area contributed by atoms with Gasteiger partial charge in [-0.15, -0.1) is 11.3 Å². The largest absolute Gasteiger partial charge is 0.268 e. The Hall–Kier alpha value is -0.890. The fraction of sp³-hybridized carbons (Fsp3) is 0.417. The van der Waals surface area contributed by atoms with Crippen molar-refractivity contribution < 1.29 is 8.42 Å². The number of rotatable bonds is 6. The Morgan fingerprint density at radius 3 is 2.75 bits per heavy atom. The fourth-order valence-corrected chi connectivity index (χ4v) is 4.06. The highest BCUT2D eigenvalue weighted by atomic mass is 35.5. The minimum atomic E-state index is -3.37. The summed E-state index contributed by atoms with van der Waals surface area (Å²) in [6.07, 6.45) is 0.656. The van der Waals surface area contributed by atoms with Gasteiger partial charge in [-0.2, -0.15) is 5.10 Å². The van der Waals surface area contributed by atoms with E-state index in [-0.39, 0.29) is 0 Å². The molecule has 0 aromatic carbocycles. The summed E-state index contributed by atoms with van der Waals surface area (Å²) in [6.45, 7) is 4.76. The smallest absolute Gasteiger partial charge is 0.250 e. The molecule has 0 saturated heterocycles. The molecular formula is C12H16ClN3O2S2. The molecule has 8 heteroatoms. The highest BCUT2D eigenvalue weighted by Gasteiger charge is 2.14. The van der Waals surface area contributed by atoms with Gasteiger partial charge in [-0.3, -0.25) is 4.68 Å². The Balaban J connectivity index is 1.87. The highest BCUT2D eigenvalue weighted by molar-refractivity contribution is 7.91. The summed E-state index contributed by atoms with van der Waals surface area (Å²) in [4.78, 5) is 0. The van der Waals surface area contributed by atoms with E-state index in [0.29, 0.717) is 28.7 Å². The van der Waals surface area contributed by atoms with Crippen molar-refractivity contribution in [2.45, 2.75) is 31.0 Å². The van der Waals surface area contributed by atoms with Crippen molar-refractivity contribution in [3.8, 4) is 0 Å². The van der Waals surface area contributed by atoms with Gasteiger partial charge in [-0.1, -0.05) is 17.7 Å². The lowest BCUT2D eigenvalue weighted by Gasteiger charge is -2.06. The van der Waals surface area contributed by atoms with E-state index in [1.165, 1.54) is 11.3 Å². The van der Waals surface area contributed by atoms with Gasteiger partial charge in [0, 0.05) is 13.1 Å². The monoisotopic (exact) mass is 333 g/mol. The molecule has 5 nitrogen and oxygen atoms in total. The zero-order valence-corrected chi connectivity index (χ0v) is 13.6. The Bertz CT molecular complexity index is 678. The maximum atomic E-state index is 11.9. The summed E-state index contributed by atoms with van der Waals surface area (Å²) in [6, 6.07) is 3.31. The molecule has 0 unspecified atom stereocenters. The summed E-state index contributed by atoms with van der Waals surface area (Å²) in [5, 5.41) is 6.72. The molecule has 0 aliphatic rings. The average Bonchev–Trinajstić information content (AvgIpc) is 3.01. The average molecular weight is 334 g/mol. The van der Waals surface area contributed by atoms with Crippen LogP contribution in [0.15, 0.2) is 21.7 Å². The van der Waals surface area contributed by atoms with Crippen LogP contribution in [0.2, 0.25) is 5.02 Å². The van der Waals surface area contributed by atoms with Gasteiger partial charge in [-0.05, 0) is 31.7 Å². The highest BCUT2D eigenvalue weighted by Crippen LogP contribution is 2.19. The predicted molar refractivity (Wildman–Crippen MR) is 80.8 cm³/mol. The third-order valence-electron chi connectivity index (χ3n) is 2.89. The zero-order chi connectivity index (χ0) is 14.8. The Morgan fingerprint density at radius 2 is 2.20 bits per heavy atom. The topological polar surface area (TPSA) is 64.0 Å². The van der Waals surface area contributed by atoms with Crippen LogP contribution in [0.4, 0.5) is 0 Å². The number of hydrogen-bond donors (Lipinski definition) is 1. The van der Waals surface area contributed by atoms with Crippen molar-refractivity contribution in [3.63, 3.8) is 0 Å². The summed E-state index contributed by atoms with van der Waals surface area (Å²) < 4.78 is 28.5. The molecule has 110 valence electrons. The first-order chi connectivity index (χ1) is 9.42. The standard InChI is InChI=1S/C12H16ClN3O2S2/c1-9-12(13)10(2)16(15-9)7-4-6-14-20(17,18)11-5-3-8-19-11/h3,5,8,14H,4,6-7H2,1-2H3. The maximum Gasteiger partial charge on any atom is 0.250 e.